The first-order chi connectivity index (χ1) is 13.0. The summed E-state index contributed by atoms with van der Waals surface area (Å²) < 4.78 is 1.77. The van der Waals surface area contributed by atoms with Gasteiger partial charge in [-0.2, -0.15) is 5.10 Å². The fourth-order valence-corrected chi connectivity index (χ4v) is 4.42. The minimum absolute atomic E-state index is 0.0408. The van der Waals surface area contributed by atoms with Gasteiger partial charge >= 0.3 is 0 Å². The standard InChI is InChI=1S/C21H23ClN4O/c1-13-8-7-9-14(2)25(13)21(27)17-12-23-20-18(19(17)22)15(3)24-26(20)16-10-5-4-6-11-16/h4-6,10-14H,7-9H2,1-3H3/t13-,14-/m0/s1. The van der Waals surface area contributed by atoms with Gasteiger partial charge in [0.2, 0.25) is 0 Å². The molecule has 0 bridgehead atoms. The average Bonchev–Trinajstić information content (AvgIpc) is 3.00. The van der Waals surface area contributed by atoms with Gasteiger partial charge < -0.3 is 4.90 Å². The number of hydrogen-bond donors (Lipinski definition) is 0. The van der Waals surface area contributed by atoms with E-state index in [9.17, 15) is 4.79 Å². The zero-order valence-electron chi connectivity index (χ0n) is 15.8. The van der Waals surface area contributed by atoms with E-state index in [-0.39, 0.29) is 18.0 Å². The zero-order valence-corrected chi connectivity index (χ0v) is 16.6. The van der Waals surface area contributed by atoms with Crippen molar-refractivity contribution in [2.75, 3.05) is 0 Å². The molecule has 1 aliphatic rings. The molecule has 27 heavy (non-hydrogen) atoms. The molecule has 4 rings (SSSR count). The Hall–Kier alpha value is -2.40. The molecule has 3 aromatic rings. The molecule has 1 aromatic carbocycles. The third-order valence-corrected chi connectivity index (χ3v) is 5.86. The molecular weight excluding hydrogens is 360 g/mol. The van der Waals surface area contributed by atoms with Gasteiger partial charge in [0.1, 0.15) is 0 Å². The SMILES string of the molecule is Cc1nn(-c2ccccc2)c2ncc(C(=O)N3[C@@H](C)CCC[C@@H]3C)c(Cl)c12. The maximum Gasteiger partial charge on any atom is 0.257 e. The van der Waals surface area contributed by atoms with Crippen molar-refractivity contribution in [3.8, 4) is 5.69 Å². The van der Waals surface area contributed by atoms with Crippen LogP contribution in [0.3, 0.4) is 0 Å². The van der Waals surface area contributed by atoms with Crippen LogP contribution in [0.4, 0.5) is 0 Å². The first kappa shape index (κ1) is 18.0. The maximum atomic E-state index is 13.2. The van der Waals surface area contributed by atoms with Crippen LogP contribution in [-0.2, 0) is 0 Å². The lowest BCUT2D eigenvalue weighted by atomic mass is 9.96. The van der Waals surface area contributed by atoms with Gasteiger partial charge in [0, 0.05) is 18.3 Å². The van der Waals surface area contributed by atoms with Crippen LogP contribution in [0.1, 0.15) is 49.2 Å². The fourth-order valence-electron chi connectivity index (χ4n) is 4.07. The molecule has 1 aliphatic heterocycles. The van der Waals surface area contributed by atoms with E-state index in [1.165, 1.54) is 0 Å². The van der Waals surface area contributed by atoms with Crippen LogP contribution in [0.15, 0.2) is 36.5 Å². The highest BCUT2D eigenvalue weighted by atomic mass is 35.5. The average molecular weight is 383 g/mol. The van der Waals surface area contributed by atoms with Crippen LogP contribution in [0.2, 0.25) is 5.02 Å². The molecule has 6 heteroatoms. The quantitative estimate of drug-likeness (QED) is 0.640. The molecule has 1 fully saturated rings. The number of aryl methyl sites for hydroxylation is 1. The van der Waals surface area contributed by atoms with Gasteiger partial charge in [0.05, 0.1) is 27.4 Å². The summed E-state index contributed by atoms with van der Waals surface area (Å²) in [6, 6.07) is 10.2. The summed E-state index contributed by atoms with van der Waals surface area (Å²) in [5.74, 6) is -0.0408. The number of pyridine rings is 1. The molecule has 2 atom stereocenters. The minimum atomic E-state index is -0.0408. The Kier molecular flexibility index (Phi) is 4.64. The van der Waals surface area contributed by atoms with Crippen molar-refractivity contribution < 1.29 is 4.79 Å². The van der Waals surface area contributed by atoms with Gasteiger partial charge in [-0.3, -0.25) is 4.79 Å². The smallest absolute Gasteiger partial charge is 0.257 e. The summed E-state index contributed by atoms with van der Waals surface area (Å²) >= 11 is 6.72. The second-order valence-electron chi connectivity index (χ2n) is 7.36. The lowest BCUT2D eigenvalue weighted by Gasteiger charge is -2.39. The number of amides is 1. The first-order valence-corrected chi connectivity index (χ1v) is 9.78. The van der Waals surface area contributed by atoms with Gasteiger partial charge in [-0.25, -0.2) is 9.67 Å². The Morgan fingerprint density at radius 1 is 1.15 bits per heavy atom. The lowest BCUT2D eigenvalue weighted by Crippen LogP contribution is -2.47. The van der Waals surface area contributed by atoms with Crippen LogP contribution in [0.25, 0.3) is 16.7 Å². The summed E-state index contributed by atoms with van der Waals surface area (Å²) in [6.07, 6.45) is 4.80. The number of nitrogens with zero attached hydrogens (tertiary/aromatic N) is 4. The predicted molar refractivity (Wildman–Crippen MR) is 108 cm³/mol. The van der Waals surface area contributed by atoms with E-state index in [4.69, 9.17) is 11.6 Å². The van der Waals surface area contributed by atoms with E-state index < -0.39 is 0 Å². The topological polar surface area (TPSA) is 51.0 Å². The van der Waals surface area contributed by atoms with Crippen molar-refractivity contribution in [2.45, 2.75) is 52.1 Å². The number of likely N-dealkylation sites (tertiary alicyclic amines) is 1. The number of fused-ring (bicyclic) bond motifs is 1. The van der Waals surface area contributed by atoms with E-state index >= 15 is 0 Å². The number of halogens is 1. The molecule has 0 saturated carbocycles. The highest BCUT2D eigenvalue weighted by Gasteiger charge is 2.31. The third-order valence-electron chi connectivity index (χ3n) is 5.47. The molecule has 0 N–H and O–H groups in total. The highest BCUT2D eigenvalue weighted by molar-refractivity contribution is 6.38. The largest absolute Gasteiger partial charge is 0.333 e. The number of para-hydroxylation sites is 1. The number of benzene rings is 1. The second kappa shape index (κ2) is 6.97. The Bertz CT molecular complexity index is 988. The van der Waals surface area contributed by atoms with Crippen LogP contribution >= 0.6 is 11.6 Å². The Balaban J connectivity index is 1.81. The van der Waals surface area contributed by atoms with Gasteiger partial charge in [-0.1, -0.05) is 29.8 Å². The summed E-state index contributed by atoms with van der Waals surface area (Å²) in [6.45, 7) is 6.11. The molecule has 2 aromatic heterocycles. The van der Waals surface area contributed by atoms with Crippen molar-refractivity contribution in [1.29, 1.82) is 0 Å². The number of rotatable bonds is 2. The molecule has 0 spiro atoms. The number of piperidine rings is 1. The van der Waals surface area contributed by atoms with Crippen molar-refractivity contribution in [1.82, 2.24) is 19.7 Å². The van der Waals surface area contributed by atoms with E-state index in [2.05, 4.69) is 23.9 Å². The van der Waals surface area contributed by atoms with E-state index in [0.717, 1.165) is 36.0 Å². The monoisotopic (exact) mass is 382 g/mol. The number of aromatic nitrogens is 3. The van der Waals surface area contributed by atoms with E-state index in [1.54, 1.807) is 10.9 Å². The molecule has 1 saturated heterocycles. The van der Waals surface area contributed by atoms with Crippen LogP contribution in [0.5, 0.6) is 0 Å². The molecule has 1 amide bonds. The molecule has 0 unspecified atom stereocenters. The molecule has 5 nitrogen and oxygen atoms in total. The Morgan fingerprint density at radius 2 is 1.81 bits per heavy atom. The van der Waals surface area contributed by atoms with Crippen molar-refractivity contribution in [3.05, 3.63) is 52.8 Å². The molecule has 3 heterocycles. The van der Waals surface area contributed by atoms with Crippen molar-refractivity contribution >= 4 is 28.5 Å². The van der Waals surface area contributed by atoms with Gasteiger partial charge in [0.15, 0.2) is 5.65 Å². The van der Waals surface area contributed by atoms with Crippen LogP contribution < -0.4 is 0 Å². The molecule has 140 valence electrons. The third kappa shape index (κ3) is 3.00. The minimum Gasteiger partial charge on any atom is -0.333 e. The number of carbonyl (C=O) groups excluding carboxylic acids is 1. The lowest BCUT2D eigenvalue weighted by molar-refractivity contribution is 0.0510. The summed E-state index contributed by atoms with van der Waals surface area (Å²) in [7, 11) is 0. The summed E-state index contributed by atoms with van der Waals surface area (Å²) in [5, 5.41) is 5.79. The van der Waals surface area contributed by atoms with Crippen LogP contribution in [0, 0.1) is 6.92 Å². The normalized spacial score (nSPS) is 20.2. The van der Waals surface area contributed by atoms with Gasteiger partial charge in [-0.05, 0) is 52.2 Å². The second-order valence-corrected chi connectivity index (χ2v) is 7.74. The Morgan fingerprint density at radius 3 is 2.48 bits per heavy atom. The van der Waals surface area contributed by atoms with E-state index in [0.29, 0.717) is 16.2 Å². The molecule has 0 aliphatic carbocycles. The fraction of sp³-hybridized carbons (Fsp3) is 0.381. The maximum absolute atomic E-state index is 13.2. The number of hydrogen-bond acceptors (Lipinski definition) is 3. The van der Waals surface area contributed by atoms with Gasteiger partial charge in [0.25, 0.3) is 5.91 Å². The summed E-state index contributed by atoms with van der Waals surface area (Å²) in [4.78, 5) is 19.8. The van der Waals surface area contributed by atoms with E-state index in [1.807, 2.05) is 42.2 Å². The first-order valence-electron chi connectivity index (χ1n) is 9.41. The molecular formula is C21H23ClN4O. The van der Waals surface area contributed by atoms with Crippen LogP contribution in [-0.4, -0.2) is 37.7 Å². The zero-order chi connectivity index (χ0) is 19.1. The summed E-state index contributed by atoms with van der Waals surface area (Å²) in [5.41, 5.74) is 2.80. The van der Waals surface area contributed by atoms with Crippen molar-refractivity contribution in [2.24, 2.45) is 0 Å². The molecule has 0 radical (unpaired) electrons. The van der Waals surface area contributed by atoms with Crippen molar-refractivity contribution in [3.63, 3.8) is 0 Å². The number of carbonyl (C=O) groups is 1. The Labute approximate surface area is 164 Å². The highest BCUT2D eigenvalue weighted by Crippen LogP contribution is 2.32. The van der Waals surface area contributed by atoms with Gasteiger partial charge in [-0.15, -0.1) is 0 Å². The predicted octanol–water partition coefficient (Wildman–Crippen LogP) is 4.79.